The number of rotatable bonds is 3. The summed E-state index contributed by atoms with van der Waals surface area (Å²) >= 11 is 0. The lowest BCUT2D eigenvalue weighted by molar-refractivity contribution is -0.151. The molecule has 0 heterocycles. The highest BCUT2D eigenvalue weighted by molar-refractivity contribution is 6.00. The van der Waals surface area contributed by atoms with E-state index >= 15 is 0 Å². The third kappa shape index (κ3) is 2.00. The summed E-state index contributed by atoms with van der Waals surface area (Å²) in [5.74, 6) is 1.97. The summed E-state index contributed by atoms with van der Waals surface area (Å²) in [5, 5.41) is 0. The molecule has 20 heavy (non-hydrogen) atoms. The molecular weight excluding hydrogens is 256 g/mol. The van der Waals surface area contributed by atoms with Crippen molar-refractivity contribution in [3.05, 3.63) is 0 Å². The average Bonchev–Trinajstić information content (AvgIpc) is 3.33. The Balaban J connectivity index is 1.24. The topological polar surface area (TPSA) is 60.4 Å². The monoisotopic (exact) mass is 276 g/mol. The zero-order valence-electron chi connectivity index (χ0n) is 11.5. The van der Waals surface area contributed by atoms with Crippen LogP contribution in [0.5, 0.6) is 0 Å². The van der Waals surface area contributed by atoms with Crippen LogP contribution in [0.1, 0.15) is 38.5 Å². The number of hydrogen-bond acceptors (Lipinski definition) is 4. The molecule has 0 aromatic heterocycles. The van der Waals surface area contributed by atoms with Gasteiger partial charge in [0.1, 0.15) is 11.6 Å². The summed E-state index contributed by atoms with van der Waals surface area (Å²) in [6.45, 7) is 0.466. The van der Waals surface area contributed by atoms with Gasteiger partial charge >= 0.3 is 5.97 Å². The minimum absolute atomic E-state index is 0.0680. The molecule has 0 aliphatic heterocycles. The van der Waals surface area contributed by atoms with Gasteiger partial charge in [-0.1, -0.05) is 0 Å². The average molecular weight is 276 g/mol. The van der Waals surface area contributed by atoms with E-state index in [4.69, 9.17) is 4.74 Å². The lowest BCUT2D eigenvalue weighted by Gasteiger charge is -2.23. The minimum Gasteiger partial charge on any atom is -0.465 e. The molecule has 0 spiro atoms. The molecule has 4 saturated carbocycles. The highest BCUT2D eigenvalue weighted by atomic mass is 16.5. The molecule has 108 valence electrons. The number of carbonyl (C=O) groups excluding carboxylic acids is 3. The van der Waals surface area contributed by atoms with Crippen LogP contribution in [0.15, 0.2) is 0 Å². The van der Waals surface area contributed by atoms with Crippen molar-refractivity contribution in [2.45, 2.75) is 38.5 Å². The summed E-state index contributed by atoms with van der Waals surface area (Å²) in [4.78, 5) is 34.8. The summed E-state index contributed by atoms with van der Waals surface area (Å²) in [7, 11) is 0. The first-order chi connectivity index (χ1) is 9.65. The Labute approximate surface area is 118 Å². The molecule has 4 aliphatic rings. The van der Waals surface area contributed by atoms with Gasteiger partial charge in [-0.05, 0) is 44.4 Å². The second kappa shape index (κ2) is 4.40. The fourth-order valence-electron chi connectivity index (χ4n) is 4.33. The van der Waals surface area contributed by atoms with E-state index in [1.807, 2.05) is 0 Å². The van der Waals surface area contributed by atoms with Crippen LogP contribution in [0.4, 0.5) is 0 Å². The molecular formula is C16H20O4. The summed E-state index contributed by atoms with van der Waals surface area (Å²) in [6, 6.07) is 0. The molecule has 0 radical (unpaired) electrons. The number of ketones is 2. The summed E-state index contributed by atoms with van der Waals surface area (Å²) in [6.07, 6.45) is 5.27. The molecule has 4 fully saturated rings. The number of carbonyl (C=O) groups is 3. The number of hydrogen-bond donors (Lipinski definition) is 0. The van der Waals surface area contributed by atoms with Crippen LogP contribution in [0, 0.1) is 35.5 Å². The molecule has 4 rings (SSSR count). The molecule has 6 atom stereocenters. The normalized spacial score (nSPS) is 45.4. The van der Waals surface area contributed by atoms with E-state index in [0.717, 1.165) is 32.1 Å². The molecule has 0 N–H and O–H groups in total. The quantitative estimate of drug-likeness (QED) is 0.737. The molecule has 0 aromatic carbocycles. The Morgan fingerprint density at radius 2 is 1.55 bits per heavy atom. The second-order valence-corrected chi connectivity index (χ2v) is 7.05. The van der Waals surface area contributed by atoms with Crippen molar-refractivity contribution < 1.29 is 19.1 Å². The van der Waals surface area contributed by atoms with Gasteiger partial charge in [-0.2, -0.15) is 0 Å². The van der Waals surface area contributed by atoms with Crippen LogP contribution in [0.25, 0.3) is 0 Å². The van der Waals surface area contributed by atoms with Crippen LogP contribution in [-0.2, 0) is 19.1 Å². The van der Waals surface area contributed by atoms with Gasteiger partial charge in [0.25, 0.3) is 0 Å². The van der Waals surface area contributed by atoms with Gasteiger partial charge in [-0.3, -0.25) is 14.4 Å². The van der Waals surface area contributed by atoms with Crippen LogP contribution < -0.4 is 0 Å². The highest BCUT2D eigenvalue weighted by Gasteiger charge is 2.54. The van der Waals surface area contributed by atoms with Crippen LogP contribution in [0.2, 0.25) is 0 Å². The third-order valence-electron chi connectivity index (χ3n) is 5.85. The summed E-state index contributed by atoms with van der Waals surface area (Å²) < 4.78 is 5.46. The van der Waals surface area contributed by atoms with Crippen molar-refractivity contribution in [1.82, 2.24) is 0 Å². The first-order valence-corrected chi connectivity index (χ1v) is 7.89. The third-order valence-corrected chi connectivity index (χ3v) is 5.85. The van der Waals surface area contributed by atoms with Crippen molar-refractivity contribution in [1.29, 1.82) is 0 Å². The van der Waals surface area contributed by atoms with Crippen molar-refractivity contribution in [2.75, 3.05) is 6.61 Å². The molecule has 0 aromatic rings. The van der Waals surface area contributed by atoms with E-state index in [0.29, 0.717) is 36.4 Å². The van der Waals surface area contributed by atoms with Gasteiger partial charge in [0.05, 0.1) is 12.5 Å². The van der Waals surface area contributed by atoms with Gasteiger partial charge in [0.2, 0.25) is 0 Å². The number of Topliss-reactive ketones (excluding diaryl/α,β-unsaturated/α-hetero) is 2. The van der Waals surface area contributed by atoms with Crippen molar-refractivity contribution in [2.24, 2.45) is 35.5 Å². The molecule has 0 bridgehead atoms. The zero-order chi connectivity index (χ0) is 13.9. The Hall–Kier alpha value is -1.19. The smallest absolute Gasteiger partial charge is 0.308 e. The van der Waals surface area contributed by atoms with Gasteiger partial charge < -0.3 is 4.74 Å². The van der Waals surface area contributed by atoms with E-state index in [2.05, 4.69) is 0 Å². The van der Waals surface area contributed by atoms with Crippen LogP contribution >= 0.6 is 0 Å². The molecule has 0 saturated heterocycles. The predicted octanol–water partition coefficient (Wildman–Crippen LogP) is 1.76. The maximum atomic E-state index is 12.1. The minimum atomic E-state index is -0.118. The van der Waals surface area contributed by atoms with E-state index in [9.17, 15) is 14.4 Å². The van der Waals surface area contributed by atoms with E-state index < -0.39 is 0 Å². The SMILES string of the molecule is O=C(OCC1CCC2C(=O)C2C1)C1CCC2C(=O)C2C1. The first-order valence-electron chi connectivity index (χ1n) is 7.89. The van der Waals surface area contributed by atoms with Crippen LogP contribution in [0.3, 0.4) is 0 Å². The standard InChI is InChI=1S/C16H20O4/c17-14-10-3-1-8(5-12(10)14)7-20-16(19)9-2-4-11-13(6-9)15(11)18/h8-13H,1-7H2. The zero-order valence-corrected chi connectivity index (χ0v) is 11.5. The van der Waals surface area contributed by atoms with E-state index in [-0.39, 0.29) is 29.6 Å². The number of fused-ring (bicyclic) bond motifs is 2. The van der Waals surface area contributed by atoms with Crippen molar-refractivity contribution >= 4 is 17.5 Å². The van der Waals surface area contributed by atoms with Crippen molar-refractivity contribution in [3.8, 4) is 0 Å². The maximum absolute atomic E-state index is 12.1. The Bertz CT molecular complexity index is 483. The number of ether oxygens (including phenoxy) is 1. The first kappa shape index (κ1) is 12.5. The molecule has 0 amide bonds. The van der Waals surface area contributed by atoms with Gasteiger partial charge in [0, 0.05) is 23.7 Å². The van der Waals surface area contributed by atoms with Gasteiger partial charge in [-0.15, -0.1) is 0 Å². The fourth-order valence-corrected chi connectivity index (χ4v) is 4.33. The highest BCUT2D eigenvalue weighted by Crippen LogP contribution is 2.49. The fraction of sp³-hybridized carbons (Fsp3) is 0.812. The molecule has 4 nitrogen and oxygen atoms in total. The van der Waals surface area contributed by atoms with E-state index in [1.165, 1.54) is 0 Å². The lowest BCUT2D eigenvalue weighted by Crippen LogP contribution is -2.25. The maximum Gasteiger partial charge on any atom is 0.308 e. The van der Waals surface area contributed by atoms with Gasteiger partial charge in [0.15, 0.2) is 0 Å². The van der Waals surface area contributed by atoms with Crippen molar-refractivity contribution in [3.63, 3.8) is 0 Å². The predicted molar refractivity (Wildman–Crippen MR) is 69.6 cm³/mol. The molecule has 6 unspecified atom stereocenters. The van der Waals surface area contributed by atoms with Gasteiger partial charge in [-0.25, -0.2) is 0 Å². The number of esters is 1. The summed E-state index contributed by atoms with van der Waals surface area (Å²) in [5.41, 5.74) is 0. The second-order valence-electron chi connectivity index (χ2n) is 7.05. The lowest BCUT2D eigenvalue weighted by atomic mass is 9.88. The van der Waals surface area contributed by atoms with Crippen LogP contribution in [-0.4, -0.2) is 24.1 Å². The largest absolute Gasteiger partial charge is 0.465 e. The Kier molecular flexibility index (Phi) is 2.76. The molecule has 4 aliphatic carbocycles. The van der Waals surface area contributed by atoms with E-state index in [1.54, 1.807) is 0 Å². The Morgan fingerprint density at radius 3 is 2.20 bits per heavy atom. The Morgan fingerprint density at radius 1 is 0.900 bits per heavy atom. The molecule has 4 heteroatoms.